The largest absolute Gasteiger partial charge is 0.469 e. The maximum atomic E-state index is 11.8. The number of benzene rings is 1. The third-order valence-electron chi connectivity index (χ3n) is 2.98. The van der Waals surface area contributed by atoms with Gasteiger partial charge in [0.05, 0.1) is 13.0 Å². The van der Waals surface area contributed by atoms with Crippen molar-refractivity contribution in [3.63, 3.8) is 0 Å². The normalized spacial score (nSPS) is 12.5. The van der Waals surface area contributed by atoms with Crippen LogP contribution in [0, 0.1) is 5.92 Å². The standard InChI is InChI=1S/C15H22O2/c1-5-12-6-8-13(9-7-12)14(10-11(2)3)15(16)17-4/h6-9,11,14H,5,10H2,1-4H3. The Hall–Kier alpha value is -1.31. The van der Waals surface area contributed by atoms with Crippen LogP contribution in [0.2, 0.25) is 0 Å². The first-order chi connectivity index (χ1) is 8.08. The summed E-state index contributed by atoms with van der Waals surface area (Å²) in [6.07, 6.45) is 1.85. The average molecular weight is 234 g/mol. The van der Waals surface area contributed by atoms with Crippen LogP contribution >= 0.6 is 0 Å². The Balaban J connectivity index is 2.91. The molecule has 0 amide bonds. The van der Waals surface area contributed by atoms with Gasteiger partial charge in [0, 0.05) is 0 Å². The molecule has 1 atom stereocenters. The van der Waals surface area contributed by atoms with E-state index < -0.39 is 0 Å². The molecule has 0 spiro atoms. The fourth-order valence-corrected chi connectivity index (χ4v) is 1.97. The van der Waals surface area contributed by atoms with Gasteiger partial charge in [-0.2, -0.15) is 0 Å². The van der Waals surface area contributed by atoms with E-state index in [1.807, 2.05) is 12.1 Å². The van der Waals surface area contributed by atoms with Gasteiger partial charge in [0.1, 0.15) is 0 Å². The van der Waals surface area contributed by atoms with Crippen molar-refractivity contribution >= 4 is 5.97 Å². The number of hydrogen-bond donors (Lipinski definition) is 0. The summed E-state index contributed by atoms with van der Waals surface area (Å²) in [4.78, 5) is 11.8. The van der Waals surface area contributed by atoms with Gasteiger partial charge < -0.3 is 4.74 Å². The zero-order valence-electron chi connectivity index (χ0n) is 11.2. The van der Waals surface area contributed by atoms with Crippen molar-refractivity contribution in [1.29, 1.82) is 0 Å². The lowest BCUT2D eigenvalue weighted by Gasteiger charge is -2.17. The minimum atomic E-state index is -0.136. The highest BCUT2D eigenvalue weighted by Crippen LogP contribution is 2.25. The van der Waals surface area contributed by atoms with E-state index >= 15 is 0 Å². The Kier molecular flexibility index (Phi) is 5.20. The molecule has 0 heterocycles. The van der Waals surface area contributed by atoms with E-state index in [-0.39, 0.29) is 11.9 Å². The summed E-state index contributed by atoms with van der Waals surface area (Å²) in [6, 6.07) is 8.27. The Labute approximate surface area is 104 Å². The molecule has 0 radical (unpaired) electrons. The molecule has 17 heavy (non-hydrogen) atoms. The van der Waals surface area contributed by atoms with Gasteiger partial charge in [0.2, 0.25) is 0 Å². The first-order valence-corrected chi connectivity index (χ1v) is 6.25. The molecule has 0 aromatic heterocycles. The first-order valence-electron chi connectivity index (χ1n) is 6.25. The predicted molar refractivity (Wildman–Crippen MR) is 70.0 cm³/mol. The van der Waals surface area contributed by atoms with E-state index in [1.165, 1.54) is 12.7 Å². The molecule has 2 nitrogen and oxygen atoms in total. The van der Waals surface area contributed by atoms with E-state index in [1.54, 1.807) is 0 Å². The molecule has 1 unspecified atom stereocenters. The predicted octanol–water partition coefficient (Wildman–Crippen LogP) is 3.55. The van der Waals surface area contributed by atoms with Crippen LogP contribution < -0.4 is 0 Å². The van der Waals surface area contributed by atoms with Crippen molar-refractivity contribution in [2.75, 3.05) is 7.11 Å². The number of ether oxygens (including phenoxy) is 1. The molecule has 0 aliphatic heterocycles. The SMILES string of the molecule is CCc1ccc(C(CC(C)C)C(=O)OC)cc1. The van der Waals surface area contributed by atoms with Crippen LogP contribution in [0.1, 0.15) is 44.2 Å². The summed E-state index contributed by atoms with van der Waals surface area (Å²) in [7, 11) is 1.45. The third kappa shape index (κ3) is 3.88. The highest BCUT2D eigenvalue weighted by atomic mass is 16.5. The van der Waals surface area contributed by atoms with E-state index in [0.717, 1.165) is 18.4 Å². The fourth-order valence-electron chi connectivity index (χ4n) is 1.97. The Morgan fingerprint density at radius 3 is 2.24 bits per heavy atom. The molecule has 1 rings (SSSR count). The minimum Gasteiger partial charge on any atom is -0.469 e. The molecule has 94 valence electrons. The van der Waals surface area contributed by atoms with Crippen LogP contribution in [0.25, 0.3) is 0 Å². The summed E-state index contributed by atoms with van der Waals surface area (Å²) in [6.45, 7) is 6.37. The minimum absolute atomic E-state index is 0.133. The second-order valence-corrected chi connectivity index (χ2v) is 4.80. The van der Waals surface area contributed by atoms with E-state index in [2.05, 4.69) is 32.9 Å². The smallest absolute Gasteiger partial charge is 0.313 e. The molecule has 0 aliphatic rings. The molecule has 0 aliphatic carbocycles. The quantitative estimate of drug-likeness (QED) is 0.728. The summed E-state index contributed by atoms with van der Waals surface area (Å²) >= 11 is 0. The van der Waals surface area contributed by atoms with Gasteiger partial charge in [-0.05, 0) is 29.9 Å². The van der Waals surface area contributed by atoms with Crippen LogP contribution in [0.4, 0.5) is 0 Å². The van der Waals surface area contributed by atoms with Gasteiger partial charge >= 0.3 is 5.97 Å². The number of carbonyl (C=O) groups excluding carboxylic acids is 1. The van der Waals surface area contributed by atoms with Crippen molar-refractivity contribution in [3.05, 3.63) is 35.4 Å². The summed E-state index contributed by atoms with van der Waals surface area (Å²) in [5.74, 6) is 0.207. The first kappa shape index (κ1) is 13.8. The lowest BCUT2D eigenvalue weighted by Crippen LogP contribution is -2.16. The van der Waals surface area contributed by atoms with Crippen LogP contribution in [-0.4, -0.2) is 13.1 Å². The van der Waals surface area contributed by atoms with Crippen LogP contribution in [-0.2, 0) is 16.0 Å². The maximum Gasteiger partial charge on any atom is 0.313 e. The fraction of sp³-hybridized carbons (Fsp3) is 0.533. The van der Waals surface area contributed by atoms with Crippen LogP contribution in [0.3, 0.4) is 0 Å². The van der Waals surface area contributed by atoms with Gasteiger partial charge in [-0.15, -0.1) is 0 Å². The van der Waals surface area contributed by atoms with Gasteiger partial charge in [-0.3, -0.25) is 4.79 Å². The number of esters is 1. The molecule has 0 bridgehead atoms. The highest BCUT2D eigenvalue weighted by molar-refractivity contribution is 5.78. The van der Waals surface area contributed by atoms with Gasteiger partial charge in [0.25, 0.3) is 0 Å². The van der Waals surface area contributed by atoms with Gasteiger partial charge in [-0.1, -0.05) is 45.0 Å². The average Bonchev–Trinajstić information content (AvgIpc) is 2.35. The third-order valence-corrected chi connectivity index (χ3v) is 2.98. The zero-order valence-corrected chi connectivity index (χ0v) is 11.2. The summed E-state index contributed by atoms with van der Waals surface area (Å²) in [5, 5.41) is 0. The molecule has 0 fully saturated rings. The Morgan fingerprint density at radius 2 is 1.82 bits per heavy atom. The summed E-state index contributed by atoms with van der Waals surface area (Å²) in [5.41, 5.74) is 2.35. The van der Waals surface area contributed by atoms with Crippen molar-refractivity contribution in [3.8, 4) is 0 Å². The molecule has 0 N–H and O–H groups in total. The van der Waals surface area contributed by atoms with Crippen LogP contribution in [0.15, 0.2) is 24.3 Å². The van der Waals surface area contributed by atoms with Crippen molar-refractivity contribution < 1.29 is 9.53 Å². The lowest BCUT2D eigenvalue weighted by molar-refractivity contribution is -0.142. The second kappa shape index (κ2) is 6.43. The molecule has 1 aromatic carbocycles. The van der Waals surface area contributed by atoms with E-state index in [4.69, 9.17) is 4.74 Å². The molecule has 1 aromatic rings. The molecule has 0 saturated heterocycles. The van der Waals surface area contributed by atoms with Gasteiger partial charge in [-0.25, -0.2) is 0 Å². The monoisotopic (exact) mass is 234 g/mol. The number of hydrogen-bond acceptors (Lipinski definition) is 2. The Bertz CT molecular complexity index is 352. The zero-order chi connectivity index (χ0) is 12.8. The van der Waals surface area contributed by atoms with E-state index in [9.17, 15) is 4.79 Å². The van der Waals surface area contributed by atoms with Gasteiger partial charge in [0.15, 0.2) is 0 Å². The van der Waals surface area contributed by atoms with Crippen molar-refractivity contribution in [1.82, 2.24) is 0 Å². The van der Waals surface area contributed by atoms with Crippen molar-refractivity contribution in [2.45, 2.75) is 39.5 Å². The molecular formula is C15H22O2. The van der Waals surface area contributed by atoms with E-state index in [0.29, 0.717) is 5.92 Å². The molecule has 0 saturated carbocycles. The molecular weight excluding hydrogens is 212 g/mol. The summed E-state index contributed by atoms with van der Waals surface area (Å²) < 4.78 is 4.89. The molecule has 2 heteroatoms. The number of rotatable bonds is 5. The highest BCUT2D eigenvalue weighted by Gasteiger charge is 2.22. The number of carbonyl (C=O) groups is 1. The lowest BCUT2D eigenvalue weighted by atomic mass is 9.90. The number of aryl methyl sites for hydroxylation is 1. The second-order valence-electron chi connectivity index (χ2n) is 4.80. The van der Waals surface area contributed by atoms with Crippen LogP contribution in [0.5, 0.6) is 0 Å². The number of methoxy groups -OCH3 is 1. The van der Waals surface area contributed by atoms with Crippen molar-refractivity contribution in [2.24, 2.45) is 5.92 Å². The Morgan fingerprint density at radius 1 is 1.24 bits per heavy atom. The topological polar surface area (TPSA) is 26.3 Å². The maximum absolute atomic E-state index is 11.8.